The minimum absolute atomic E-state index is 0.103. The van der Waals surface area contributed by atoms with Gasteiger partial charge in [-0.1, -0.05) is 20.8 Å². The molecule has 0 spiro atoms. The summed E-state index contributed by atoms with van der Waals surface area (Å²) in [5.41, 5.74) is 0.435. The molecule has 0 bridgehead atoms. The highest BCUT2D eigenvalue weighted by molar-refractivity contribution is 5.65. The molecule has 1 aliphatic heterocycles. The van der Waals surface area contributed by atoms with E-state index in [0.29, 0.717) is 19.0 Å². The number of likely N-dealkylation sites (tertiary alicyclic amines) is 1. The maximum Gasteiger partial charge on any atom is 0.407 e. The largest absolute Gasteiger partial charge is 0.465 e. The van der Waals surface area contributed by atoms with E-state index >= 15 is 0 Å². The molecule has 1 amide bonds. The molecule has 1 saturated heterocycles. The number of carboxylic acid groups (broad SMARTS) is 1. The zero-order valence-electron chi connectivity index (χ0n) is 10.9. The molecule has 1 heterocycles. The third-order valence-corrected chi connectivity index (χ3v) is 4.94. The Morgan fingerprint density at radius 3 is 2.29 bits per heavy atom. The smallest absolute Gasteiger partial charge is 0.407 e. The Labute approximate surface area is 103 Å². The quantitative estimate of drug-likeness (QED) is 0.777. The Balaban J connectivity index is 2.18. The fourth-order valence-electron chi connectivity index (χ4n) is 3.65. The molecule has 1 aliphatic carbocycles. The Kier molecular flexibility index (Phi) is 2.89. The van der Waals surface area contributed by atoms with E-state index in [4.69, 9.17) is 5.11 Å². The first-order chi connectivity index (χ1) is 7.82. The van der Waals surface area contributed by atoms with E-state index in [-0.39, 0.29) is 23.4 Å². The van der Waals surface area contributed by atoms with Gasteiger partial charge >= 0.3 is 6.09 Å². The molecule has 2 rings (SSSR count). The number of carbonyl (C=O) groups is 1. The predicted octanol–water partition coefficient (Wildman–Crippen LogP) is 2.03. The molecule has 17 heavy (non-hydrogen) atoms. The molecule has 1 saturated carbocycles. The first-order valence-corrected chi connectivity index (χ1v) is 6.40. The van der Waals surface area contributed by atoms with Gasteiger partial charge < -0.3 is 15.1 Å². The van der Waals surface area contributed by atoms with Crippen LogP contribution in [0.4, 0.5) is 4.79 Å². The lowest BCUT2D eigenvalue weighted by atomic mass is 9.67. The number of amides is 1. The maximum atomic E-state index is 11.0. The average Bonchev–Trinajstić information content (AvgIpc) is 2.91. The monoisotopic (exact) mass is 241 g/mol. The van der Waals surface area contributed by atoms with E-state index in [1.54, 1.807) is 0 Å². The van der Waals surface area contributed by atoms with Gasteiger partial charge in [0.1, 0.15) is 0 Å². The molecule has 2 atom stereocenters. The second kappa shape index (κ2) is 3.87. The molecule has 98 valence electrons. The summed E-state index contributed by atoms with van der Waals surface area (Å²) < 4.78 is 0. The molecule has 0 aromatic rings. The highest BCUT2D eigenvalue weighted by Gasteiger charge is 2.60. The molecule has 0 aromatic heterocycles. The fraction of sp³-hybridized carbons (Fsp3) is 0.923. The maximum absolute atomic E-state index is 11.0. The number of nitrogens with zero attached hydrogens (tertiary/aromatic N) is 1. The Morgan fingerprint density at radius 2 is 1.94 bits per heavy atom. The van der Waals surface area contributed by atoms with Crippen molar-refractivity contribution in [2.24, 2.45) is 22.7 Å². The molecule has 0 radical (unpaired) electrons. The topological polar surface area (TPSA) is 60.8 Å². The van der Waals surface area contributed by atoms with Gasteiger partial charge in [-0.25, -0.2) is 4.79 Å². The van der Waals surface area contributed by atoms with Crippen molar-refractivity contribution in [3.8, 4) is 0 Å². The Hall–Kier alpha value is -0.770. The van der Waals surface area contributed by atoms with Gasteiger partial charge in [0.2, 0.25) is 0 Å². The van der Waals surface area contributed by atoms with Crippen LogP contribution in [0.1, 0.15) is 33.6 Å². The van der Waals surface area contributed by atoms with Crippen molar-refractivity contribution in [1.82, 2.24) is 4.90 Å². The molecule has 2 aliphatic rings. The van der Waals surface area contributed by atoms with Crippen LogP contribution >= 0.6 is 0 Å². The number of hydrogen-bond donors (Lipinski definition) is 2. The van der Waals surface area contributed by atoms with Crippen LogP contribution in [-0.4, -0.2) is 40.9 Å². The molecule has 2 N–H and O–H groups in total. The lowest BCUT2D eigenvalue weighted by Crippen LogP contribution is -2.36. The van der Waals surface area contributed by atoms with Crippen molar-refractivity contribution < 1.29 is 15.0 Å². The lowest BCUT2D eigenvalue weighted by molar-refractivity contribution is 0.0819. The van der Waals surface area contributed by atoms with Crippen molar-refractivity contribution in [3.63, 3.8) is 0 Å². The van der Waals surface area contributed by atoms with E-state index in [1.165, 1.54) is 17.7 Å². The number of aliphatic hydroxyl groups excluding tert-OH is 1. The van der Waals surface area contributed by atoms with E-state index < -0.39 is 6.09 Å². The number of rotatable bonds is 2. The van der Waals surface area contributed by atoms with Crippen LogP contribution in [0.2, 0.25) is 0 Å². The Morgan fingerprint density at radius 1 is 1.35 bits per heavy atom. The third kappa shape index (κ3) is 1.92. The van der Waals surface area contributed by atoms with Crippen LogP contribution in [0.3, 0.4) is 0 Å². The van der Waals surface area contributed by atoms with Crippen LogP contribution in [0.25, 0.3) is 0 Å². The van der Waals surface area contributed by atoms with E-state index in [0.717, 1.165) is 0 Å². The number of hydrogen-bond acceptors (Lipinski definition) is 2. The van der Waals surface area contributed by atoms with Gasteiger partial charge in [0, 0.05) is 25.6 Å². The van der Waals surface area contributed by atoms with Crippen LogP contribution < -0.4 is 0 Å². The highest BCUT2D eigenvalue weighted by atomic mass is 16.4. The summed E-state index contributed by atoms with van der Waals surface area (Å²) in [5, 5.41) is 18.6. The van der Waals surface area contributed by atoms with Crippen LogP contribution in [0, 0.1) is 22.7 Å². The molecular weight excluding hydrogens is 218 g/mol. The molecular formula is C13H23NO3. The van der Waals surface area contributed by atoms with Crippen LogP contribution in [0.15, 0.2) is 0 Å². The SMILES string of the molecule is CC(C)(C)C1(C2CN(C(=O)O)CC2CO)CC1. The van der Waals surface area contributed by atoms with Crippen molar-refractivity contribution in [3.05, 3.63) is 0 Å². The lowest BCUT2D eigenvalue weighted by Gasteiger charge is -2.38. The minimum atomic E-state index is -0.851. The molecule has 2 unspecified atom stereocenters. The van der Waals surface area contributed by atoms with E-state index in [2.05, 4.69) is 20.8 Å². The van der Waals surface area contributed by atoms with E-state index in [9.17, 15) is 9.90 Å². The highest BCUT2D eigenvalue weighted by Crippen LogP contribution is 2.65. The van der Waals surface area contributed by atoms with Gasteiger partial charge in [0.15, 0.2) is 0 Å². The predicted molar refractivity (Wildman–Crippen MR) is 64.8 cm³/mol. The average molecular weight is 241 g/mol. The Bertz CT molecular complexity index is 317. The van der Waals surface area contributed by atoms with Crippen molar-refractivity contribution in [2.45, 2.75) is 33.6 Å². The first-order valence-electron chi connectivity index (χ1n) is 6.40. The fourth-order valence-corrected chi connectivity index (χ4v) is 3.65. The second-order valence-electron chi connectivity index (χ2n) is 6.64. The van der Waals surface area contributed by atoms with Gasteiger partial charge in [-0.3, -0.25) is 0 Å². The molecule has 0 aromatic carbocycles. The first kappa shape index (κ1) is 12.7. The standard InChI is InChI=1S/C13H23NO3/c1-12(2,3)13(4-5-13)10-7-14(11(16)17)6-9(10)8-15/h9-10,15H,4-8H2,1-3H3,(H,16,17). The summed E-state index contributed by atoms with van der Waals surface area (Å²) in [4.78, 5) is 12.5. The van der Waals surface area contributed by atoms with Gasteiger partial charge in [-0.05, 0) is 29.6 Å². The molecule has 2 fully saturated rings. The molecule has 4 nitrogen and oxygen atoms in total. The molecule has 4 heteroatoms. The summed E-state index contributed by atoms with van der Waals surface area (Å²) >= 11 is 0. The zero-order valence-corrected chi connectivity index (χ0v) is 10.9. The van der Waals surface area contributed by atoms with Crippen LogP contribution in [-0.2, 0) is 0 Å². The number of aliphatic hydroxyl groups is 1. The minimum Gasteiger partial charge on any atom is -0.465 e. The van der Waals surface area contributed by atoms with Crippen LogP contribution in [0.5, 0.6) is 0 Å². The zero-order chi connectivity index (χ0) is 12.8. The van der Waals surface area contributed by atoms with Gasteiger partial charge in [-0.15, -0.1) is 0 Å². The van der Waals surface area contributed by atoms with Crippen molar-refractivity contribution in [2.75, 3.05) is 19.7 Å². The summed E-state index contributed by atoms with van der Waals surface area (Å²) in [6, 6.07) is 0. The van der Waals surface area contributed by atoms with Gasteiger partial charge in [0.25, 0.3) is 0 Å². The van der Waals surface area contributed by atoms with Gasteiger partial charge in [0.05, 0.1) is 0 Å². The summed E-state index contributed by atoms with van der Waals surface area (Å²) in [5.74, 6) is 0.441. The van der Waals surface area contributed by atoms with Crippen molar-refractivity contribution >= 4 is 6.09 Å². The van der Waals surface area contributed by atoms with E-state index in [1.807, 2.05) is 0 Å². The third-order valence-electron chi connectivity index (χ3n) is 4.94. The summed E-state index contributed by atoms with van der Waals surface area (Å²) in [6.45, 7) is 7.89. The van der Waals surface area contributed by atoms with Crippen molar-refractivity contribution in [1.29, 1.82) is 0 Å². The second-order valence-corrected chi connectivity index (χ2v) is 6.64. The van der Waals surface area contributed by atoms with Gasteiger partial charge in [-0.2, -0.15) is 0 Å². The normalized spacial score (nSPS) is 31.6. The summed E-state index contributed by atoms with van der Waals surface area (Å²) in [6.07, 6.45) is 1.49. The summed E-state index contributed by atoms with van der Waals surface area (Å²) in [7, 11) is 0.